The van der Waals surface area contributed by atoms with Gasteiger partial charge in [0.05, 0.1) is 5.39 Å². The second kappa shape index (κ2) is 4.34. The second-order valence-corrected chi connectivity index (χ2v) is 7.08. The molecule has 102 valence electrons. The number of aromatic nitrogens is 2. The average molecular weight is 276 g/mol. The minimum Gasteiger partial charge on any atom is -0.364 e. The van der Waals surface area contributed by atoms with Crippen LogP contribution in [0.2, 0.25) is 0 Å². The fraction of sp³-hybridized carbons (Fsp3) is 0.571. The zero-order valence-corrected chi connectivity index (χ0v) is 12.7. The molecule has 4 nitrogen and oxygen atoms in total. The van der Waals surface area contributed by atoms with Gasteiger partial charge in [0, 0.05) is 17.5 Å². The molecule has 1 aliphatic rings. The van der Waals surface area contributed by atoms with E-state index in [4.69, 9.17) is 0 Å². The van der Waals surface area contributed by atoms with Crippen molar-refractivity contribution in [1.82, 2.24) is 9.97 Å². The Balaban J connectivity index is 2.05. The SMILES string of the molecule is CNc1nc(NC(C)(C)C2CC2)c2cc(C)sc2n1. The van der Waals surface area contributed by atoms with Crippen molar-refractivity contribution in [2.24, 2.45) is 5.92 Å². The van der Waals surface area contributed by atoms with Crippen molar-refractivity contribution in [3.05, 3.63) is 10.9 Å². The van der Waals surface area contributed by atoms with Crippen LogP contribution >= 0.6 is 11.3 Å². The third-order valence-corrected chi connectivity index (χ3v) is 4.72. The van der Waals surface area contributed by atoms with E-state index in [0.29, 0.717) is 5.95 Å². The molecule has 1 aliphatic carbocycles. The number of thiophene rings is 1. The lowest BCUT2D eigenvalue weighted by Gasteiger charge is -2.27. The molecule has 0 saturated heterocycles. The van der Waals surface area contributed by atoms with Crippen molar-refractivity contribution in [2.75, 3.05) is 17.7 Å². The molecule has 0 unspecified atom stereocenters. The average Bonchev–Trinajstić information content (AvgIpc) is 3.12. The Bertz CT molecular complexity index is 613. The smallest absolute Gasteiger partial charge is 0.225 e. The molecule has 1 fully saturated rings. The lowest BCUT2D eigenvalue weighted by Crippen LogP contribution is -2.33. The van der Waals surface area contributed by atoms with E-state index in [1.165, 1.54) is 17.7 Å². The van der Waals surface area contributed by atoms with Crippen LogP contribution < -0.4 is 10.6 Å². The molecule has 2 aromatic rings. The van der Waals surface area contributed by atoms with Crippen LogP contribution in [0, 0.1) is 12.8 Å². The number of aryl methyl sites for hydroxylation is 1. The number of rotatable bonds is 4. The van der Waals surface area contributed by atoms with Crippen LogP contribution in [-0.4, -0.2) is 22.6 Å². The summed E-state index contributed by atoms with van der Waals surface area (Å²) in [7, 11) is 1.86. The fourth-order valence-electron chi connectivity index (χ4n) is 2.46. The summed E-state index contributed by atoms with van der Waals surface area (Å²) >= 11 is 1.71. The van der Waals surface area contributed by atoms with E-state index in [1.54, 1.807) is 11.3 Å². The van der Waals surface area contributed by atoms with E-state index in [9.17, 15) is 0 Å². The number of nitrogens with zero attached hydrogens (tertiary/aromatic N) is 2. The number of anilines is 2. The van der Waals surface area contributed by atoms with Crippen molar-refractivity contribution >= 4 is 33.3 Å². The van der Waals surface area contributed by atoms with Crippen molar-refractivity contribution in [1.29, 1.82) is 0 Å². The standard InChI is InChI=1S/C14H20N4S/c1-8-7-10-11(18-14(2,3)9-5-6-9)16-13(15-4)17-12(10)19-8/h7,9H,5-6H2,1-4H3,(H2,15,16,17,18). The molecule has 1 saturated carbocycles. The summed E-state index contributed by atoms with van der Waals surface area (Å²) in [6.45, 7) is 6.63. The van der Waals surface area contributed by atoms with Crippen LogP contribution in [0.5, 0.6) is 0 Å². The number of hydrogen-bond donors (Lipinski definition) is 2. The van der Waals surface area contributed by atoms with Gasteiger partial charge in [-0.25, -0.2) is 4.98 Å². The molecule has 5 heteroatoms. The molecule has 0 radical (unpaired) electrons. The molecule has 19 heavy (non-hydrogen) atoms. The monoisotopic (exact) mass is 276 g/mol. The first-order valence-corrected chi connectivity index (χ1v) is 7.55. The van der Waals surface area contributed by atoms with Crippen LogP contribution in [0.15, 0.2) is 6.07 Å². The van der Waals surface area contributed by atoms with E-state index < -0.39 is 0 Å². The summed E-state index contributed by atoms with van der Waals surface area (Å²) in [6, 6.07) is 2.17. The van der Waals surface area contributed by atoms with E-state index in [-0.39, 0.29) is 5.54 Å². The minimum absolute atomic E-state index is 0.0993. The van der Waals surface area contributed by atoms with Gasteiger partial charge >= 0.3 is 0 Å². The summed E-state index contributed by atoms with van der Waals surface area (Å²) in [5, 5.41) is 7.81. The molecule has 2 aromatic heterocycles. The van der Waals surface area contributed by atoms with Crippen LogP contribution in [0.3, 0.4) is 0 Å². The van der Waals surface area contributed by atoms with Crippen LogP contribution in [0.25, 0.3) is 10.2 Å². The molecule has 0 spiro atoms. The van der Waals surface area contributed by atoms with Crippen LogP contribution in [0.4, 0.5) is 11.8 Å². The lowest BCUT2D eigenvalue weighted by molar-refractivity contribution is 0.493. The van der Waals surface area contributed by atoms with Gasteiger partial charge in [0.25, 0.3) is 0 Å². The lowest BCUT2D eigenvalue weighted by atomic mass is 9.99. The normalized spacial score (nSPS) is 15.8. The maximum Gasteiger partial charge on any atom is 0.225 e. The summed E-state index contributed by atoms with van der Waals surface area (Å²) in [6.07, 6.45) is 2.63. The summed E-state index contributed by atoms with van der Waals surface area (Å²) < 4.78 is 0. The first kappa shape index (κ1) is 12.7. The summed E-state index contributed by atoms with van der Waals surface area (Å²) in [4.78, 5) is 11.4. The van der Waals surface area contributed by atoms with Crippen LogP contribution in [0.1, 0.15) is 31.6 Å². The first-order chi connectivity index (χ1) is 8.99. The van der Waals surface area contributed by atoms with E-state index in [0.717, 1.165) is 22.0 Å². The Hall–Kier alpha value is -1.36. The number of nitrogens with one attached hydrogen (secondary N) is 2. The highest BCUT2D eigenvalue weighted by Crippen LogP contribution is 2.42. The maximum absolute atomic E-state index is 4.60. The van der Waals surface area contributed by atoms with Crippen molar-refractivity contribution < 1.29 is 0 Å². The van der Waals surface area contributed by atoms with Gasteiger partial charge in [0.2, 0.25) is 5.95 Å². The van der Waals surface area contributed by atoms with Gasteiger partial charge in [0.1, 0.15) is 10.6 Å². The Morgan fingerprint density at radius 3 is 2.68 bits per heavy atom. The van der Waals surface area contributed by atoms with Gasteiger partial charge in [-0.3, -0.25) is 0 Å². The zero-order valence-electron chi connectivity index (χ0n) is 11.9. The third-order valence-electron chi connectivity index (χ3n) is 3.78. The summed E-state index contributed by atoms with van der Waals surface area (Å²) in [5.41, 5.74) is 0.0993. The predicted molar refractivity (Wildman–Crippen MR) is 82.1 cm³/mol. The van der Waals surface area contributed by atoms with Crippen molar-refractivity contribution in [3.63, 3.8) is 0 Å². The van der Waals surface area contributed by atoms with Gasteiger partial charge in [-0.05, 0) is 45.6 Å². The Kier molecular flexibility index (Phi) is 2.89. The molecule has 0 aromatic carbocycles. The van der Waals surface area contributed by atoms with Gasteiger partial charge in [-0.15, -0.1) is 11.3 Å². The molecule has 2 heterocycles. The largest absolute Gasteiger partial charge is 0.364 e. The fourth-order valence-corrected chi connectivity index (χ4v) is 3.34. The van der Waals surface area contributed by atoms with E-state index in [1.807, 2.05) is 7.05 Å². The molecule has 0 bridgehead atoms. The molecule has 3 rings (SSSR count). The van der Waals surface area contributed by atoms with Crippen molar-refractivity contribution in [3.8, 4) is 0 Å². The molecular formula is C14H20N4S. The Morgan fingerprint density at radius 2 is 2.05 bits per heavy atom. The quantitative estimate of drug-likeness (QED) is 0.895. The molecule has 0 atom stereocenters. The van der Waals surface area contributed by atoms with Gasteiger partial charge < -0.3 is 10.6 Å². The topological polar surface area (TPSA) is 49.8 Å². The maximum atomic E-state index is 4.60. The van der Waals surface area contributed by atoms with Crippen LogP contribution in [-0.2, 0) is 0 Å². The Labute approximate surface area is 117 Å². The van der Waals surface area contributed by atoms with Gasteiger partial charge in [-0.1, -0.05) is 0 Å². The third kappa shape index (κ3) is 2.39. The minimum atomic E-state index is 0.0993. The highest BCUT2D eigenvalue weighted by molar-refractivity contribution is 7.18. The molecule has 2 N–H and O–H groups in total. The predicted octanol–water partition coefficient (Wildman–Crippen LogP) is 3.64. The van der Waals surface area contributed by atoms with Gasteiger partial charge in [0.15, 0.2) is 0 Å². The highest BCUT2D eigenvalue weighted by atomic mass is 32.1. The van der Waals surface area contributed by atoms with E-state index >= 15 is 0 Å². The zero-order chi connectivity index (χ0) is 13.6. The second-order valence-electron chi connectivity index (χ2n) is 5.84. The summed E-state index contributed by atoms with van der Waals surface area (Å²) in [5.74, 6) is 2.40. The highest BCUT2D eigenvalue weighted by Gasteiger charge is 2.38. The Morgan fingerprint density at radius 1 is 1.32 bits per heavy atom. The molecular weight excluding hydrogens is 256 g/mol. The van der Waals surface area contributed by atoms with E-state index in [2.05, 4.69) is 47.4 Å². The molecule has 0 aliphatic heterocycles. The molecule has 0 amide bonds. The van der Waals surface area contributed by atoms with Gasteiger partial charge in [-0.2, -0.15) is 4.98 Å². The first-order valence-electron chi connectivity index (χ1n) is 6.74. The number of fused-ring (bicyclic) bond motifs is 1. The number of hydrogen-bond acceptors (Lipinski definition) is 5. The van der Waals surface area contributed by atoms with Crippen molar-refractivity contribution in [2.45, 2.75) is 39.2 Å².